The molecule has 6 heteroatoms. The fraction of sp³-hybridized carbons (Fsp3) is 0.433. The molecule has 2 heterocycles. The van der Waals surface area contributed by atoms with Crippen molar-refractivity contribution in [3.05, 3.63) is 82.9 Å². The van der Waals surface area contributed by atoms with Gasteiger partial charge in [0.1, 0.15) is 11.6 Å². The zero-order chi connectivity index (χ0) is 25.3. The number of carbonyl (C=O) groups excluding carboxylic acids is 1. The molecule has 1 spiro atoms. The Bertz CT molecular complexity index is 1150. The number of nitrogens with zero attached hydrogens (tertiary/aromatic N) is 2. The first kappa shape index (κ1) is 24.8. The average molecular weight is 493 g/mol. The van der Waals surface area contributed by atoms with Crippen LogP contribution in [0.3, 0.4) is 0 Å². The molecule has 2 aromatic carbocycles. The van der Waals surface area contributed by atoms with Gasteiger partial charge in [-0.05, 0) is 72.5 Å². The van der Waals surface area contributed by atoms with Gasteiger partial charge in [0.15, 0.2) is 0 Å². The molecule has 190 valence electrons. The summed E-state index contributed by atoms with van der Waals surface area (Å²) in [6.07, 6.45) is 9.60. The number of likely N-dealkylation sites (tertiary alicyclic amines) is 2. The van der Waals surface area contributed by atoms with E-state index in [1.165, 1.54) is 35.4 Å². The Balaban J connectivity index is 1.11. The third-order valence-corrected chi connectivity index (χ3v) is 8.42. The summed E-state index contributed by atoms with van der Waals surface area (Å²) in [6, 6.07) is 11.9. The number of carbonyl (C=O) groups is 1. The van der Waals surface area contributed by atoms with Crippen LogP contribution in [-0.4, -0.2) is 59.6 Å². The summed E-state index contributed by atoms with van der Waals surface area (Å²) in [5.41, 5.74) is 3.19. The van der Waals surface area contributed by atoms with Gasteiger partial charge >= 0.3 is 0 Å². The van der Waals surface area contributed by atoms with E-state index in [1.54, 1.807) is 4.90 Å². The monoisotopic (exact) mass is 492 g/mol. The van der Waals surface area contributed by atoms with E-state index in [0.29, 0.717) is 31.1 Å². The summed E-state index contributed by atoms with van der Waals surface area (Å²) in [5.74, 6) is -0.878. The summed E-state index contributed by atoms with van der Waals surface area (Å²) in [6.45, 7) is 6.05. The Morgan fingerprint density at radius 1 is 1.14 bits per heavy atom. The highest BCUT2D eigenvalue weighted by Gasteiger charge is 2.43. The number of allylic oxidation sites excluding steroid dienone is 1. The third kappa shape index (κ3) is 5.02. The number of β-amino-alcohol motifs (C(OH)–C–C–N with tert-alkyl or cyclic N) is 1. The van der Waals surface area contributed by atoms with Crippen LogP contribution in [0.1, 0.15) is 42.9 Å². The highest BCUT2D eigenvalue weighted by molar-refractivity contribution is 5.91. The van der Waals surface area contributed by atoms with Crippen molar-refractivity contribution in [1.82, 2.24) is 9.80 Å². The Hall–Kier alpha value is -2.83. The minimum Gasteiger partial charge on any atom is -0.392 e. The summed E-state index contributed by atoms with van der Waals surface area (Å²) >= 11 is 0. The first-order valence-corrected chi connectivity index (χ1v) is 13.0. The molecule has 4 nitrogen and oxygen atoms in total. The number of hydrogen-bond acceptors (Lipinski definition) is 3. The Labute approximate surface area is 211 Å². The minimum atomic E-state index is -0.667. The van der Waals surface area contributed by atoms with Gasteiger partial charge in [0.2, 0.25) is 5.91 Å². The van der Waals surface area contributed by atoms with Crippen molar-refractivity contribution in [2.45, 2.75) is 37.7 Å². The largest absolute Gasteiger partial charge is 0.392 e. The van der Waals surface area contributed by atoms with Crippen LogP contribution in [0.15, 0.2) is 54.6 Å². The van der Waals surface area contributed by atoms with E-state index >= 15 is 0 Å². The molecular formula is C30H34F2N2O2. The molecule has 36 heavy (non-hydrogen) atoms. The molecule has 0 bridgehead atoms. The second-order valence-corrected chi connectivity index (χ2v) is 10.6. The first-order chi connectivity index (χ1) is 17.3. The number of halogens is 2. The molecule has 2 fully saturated rings. The molecule has 1 N–H and O–H groups in total. The summed E-state index contributed by atoms with van der Waals surface area (Å²) < 4.78 is 26.7. The molecule has 0 radical (unpaired) electrons. The predicted molar refractivity (Wildman–Crippen MR) is 138 cm³/mol. The van der Waals surface area contributed by atoms with Crippen molar-refractivity contribution >= 4 is 18.1 Å². The van der Waals surface area contributed by atoms with Crippen molar-refractivity contribution in [2.75, 3.05) is 32.7 Å². The van der Waals surface area contributed by atoms with E-state index < -0.39 is 17.7 Å². The van der Waals surface area contributed by atoms with Gasteiger partial charge in [-0.2, -0.15) is 0 Å². The van der Waals surface area contributed by atoms with Crippen LogP contribution in [0.4, 0.5) is 8.78 Å². The van der Waals surface area contributed by atoms with Gasteiger partial charge in [0.25, 0.3) is 0 Å². The molecule has 0 aromatic heterocycles. The molecule has 2 saturated heterocycles. The second-order valence-electron chi connectivity index (χ2n) is 10.6. The van der Waals surface area contributed by atoms with Crippen LogP contribution >= 0.6 is 0 Å². The van der Waals surface area contributed by atoms with Gasteiger partial charge in [0, 0.05) is 43.7 Å². The number of piperidine rings is 2. The molecule has 3 atom stereocenters. The molecule has 0 saturated carbocycles. The van der Waals surface area contributed by atoms with Gasteiger partial charge < -0.3 is 14.9 Å². The van der Waals surface area contributed by atoms with Gasteiger partial charge in [0.05, 0.1) is 6.10 Å². The van der Waals surface area contributed by atoms with E-state index in [0.717, 1.165) is 38.4 Å². The fourth-order valence-electron chi connectivity index (χ4n) is 6.30. The van der Waals surface area contributed by atoms with Crippen molar-refractivity contribution in [3.63, 3.8) is 0 Å². The molecule has 1 unspecified atom stereocenters. The summed E-state index contributed by atoms with van der Waals surface area (Å²) in [7, 11) is 0. The smallest absolute Gasteiger partial charge is 0.246 e. The molecule has 2 aliphatic heterocycles. The maximum Gasteiger partial charge on any atom is 0.246 e. The lowest BCUT2D eigenvalue weighted by atomic mass is 9.68. The zero-order valence-corrected chi connectivity index (χ0v) is 20.7. The molecule has 1 amide bonds. The molecular weight excluding hydrogens is 458 g/mol. The van der Waals surface area contributed by atoms with Crippen molar-refractivity contribution < 1.29 is 18.7 Å². The van der Waals surface area contributed by atoms with Crippen LogP contribution < -0.4 is 0 Å². The highest BCUT2D eigenvalue weighted by atomic mass is 19.1. The normalized spacial score (nSPS) is 25.6. The number of hydrogen-bond donors (Lipinski definition) is 1. The van der Waals surface area contributed by atoms with E-state index in [4.69, 9.17) is 0 Å². The highest BCUT2D eigenvalue weighted by Crippen LogP contribution is 2.46. The zero-order valence-electron chi connectivity index (χ0n) is 20.7. The third-order valence-electron chi connectivity index (χ3n) is 8.42. The second kappa shape index (κ2) is 10.3. The standard InChI is InChI=1S/C30H34F2N2O2/c1-21-19-33(15-12-30(21)11-8-23-4-2-3-5-27(23)30)20-28(35)24-9-13-34(14-10-24)29(36)7-6-22-16-25(31)18-26(32)17-22/h2-8,11,16-18,21,24,28,35H,9-10,12-15,19-20H2,1H3/t21-,28?,30-/m0/s1. The lowest BCUT2D eigenvalue weighted by Gasteiger charge is -2.45. The predicted octanol–water partition coefficient (Wildman–Crippen LogP) is 4.88. The van der Waals surface area contributed by atoms with Crippen LogP contribution in [-0.2, 0) is 10.2 Å². The lowest BCUT2D eigenvalue weighted by Crippen LogP contribution is -2.51. The Morgan fingerprint density at radius 3 is 2.58 bits per heavy atom. The van der Waals surface area contributed by atoms with E-state index in [-0.39, 0.29) is 17.2 Å². The SMILES string of the molecule is C[C@H]1CN(CC(O)C2CCN(C(=O)C=Cc3cc(F)cc(F)c3)CC2)CC[C@@]12C=Cc1ccccc12. The maximum atomic E-state index is 13.4. The number of benzene rings is 2. The fourth-order valence-corrected chi connectivity index (χ4v) is 6.30. The number of aliphatic hydroxyl groups is 1. The Kier molecular flexibility index (Phi) is 7.09. The van der Waals surface area contributed by atoms with E-state index in [2.05, 4.69) is 48.2 Å². The van der Waals surface area contributed by atoms with Crippen LogP contribution in [0.25, 0.3) is 12.2 Å². The van der Waals surface area contributed by atoms with Gasteiger partial charge in [-0.3, -0.25) is 4.79 Å². The first-order valence-electron chi connectivity index (χ1n) is 13.0. The Morgan fingerprint density at radius 2 is 1.86 bits per heavy atom. The van der Waals surface area contributed by atoms with Crippen LogP contribution in [0.2, 0.25) is 0 Å². The molecule has 1 aliphatic carbocycles. The number of rotatable bonds is 5. The van der Waals surface area contributed by atoms with Gasteiger partial charge in [-0.25, -0.2) is 8.78 Å². The van der Waals surface area contributed by atoms with Crippen LogP contribution in [0, 0.1) is 23.5 Å². The van der Waals surface area contributed by atoms with E-state index in [1.807, 2.05) is 0 Å². The summed E-state index contributed by atoms with van der Waals surface area (Å²) in [4.78, 5) is 16.7. The maximum absolute atomic E-state index is 13.4. The average Bonchev–Trinajstić information content (AvgIpc) is 3.24. The van der Waals surface area contributed by atoms with E-state index in [9.17, 15) is 18.7 Å². The van der Waals surface area contributed by atoms with Crippen molar-refractivity contribution in [3.8, 4) is 0 Å². The van der Waals surface area contributed by atoms with Crippen LogP contribution in [0.5, 0.6) is 0 Å². The molecule has 3 aliphatic rings. The lowest BCUT2D eigenvalue weighted by molar-refractivity contribution is -0.128. The number of aliphatic hydroxyl groups excluding tert-OH is 1. The van der Waals surface area contributed by atoms with Crippen molar-refractivity contribution in [2.24, 2.45) is 11.8 Å². The van der Waals surface area contributed by atoms with Crippen molar-refractivity contribution in [1.29, 1.82) is 0 Å². The summed E-state index contributed by atoms with van der Waals surface area (Å²) in [5, 5.41) is 11.0. The van der Waals surface area contributed by atoms with Gasteiger partial charge in [-0.1, -0.05) is 43.3 Å². The quantitative estimate of drug-likeness (QED) is 0.605. The molecule has 5 rings (SSSR count). The molecule has 2 aromatic rings. The topological polar surface area (TPSA) is 43.8 Å². The minimum absolute atomic E-state index is 0.106. The number of amides is 1. The number of fused-ring (bicyclic) bond motifs is 2. The van der Waals surface area contributed by atoms with Gasteiger partial charge in [-0.15, -0.1) is 0 Å².